The maximum Gasteiger partial charge on any atom is 0.270 e. The second-order valence-corrected chi connectivity index (χ2v) is 7.15. The third-order valence-electron chi connectivity index (χ3n) is 5.18. The number of hydrogen-bond acceptors (Lipinski definition) is 5. The number of nitrogens with one attached hydrogen (secondary N) is 1. The van der Waals surface area contributed by atoms with Crippen molar-refractivity contribution >= 4 is 22.9 Å². The first-order valence-corrected chi connectivity index (χ1v) is 9.35. The Kier molecular flexibility index (Phi) is 4.83. The Morgan fingerprint density at radius 2 is 1.89 bits per heavy atom. The number of likely N-dealkylation sites (N-methyl/N-ethyl adjacent to an activating group) is 1. The summed E-state index contributed by atoms with van der Waals surface area (Å²) in [7, 11) is 2.13. The Morgan fingerprint density at radius 1 is 1.11 bits per heavy atom. The smallest absolute Gasteiger partial charge is 0.270 e. The monoisotopic (exact) mass is 377 g/mol. The van der Waals surface area contributed by atoms with Crippen LogP contribution in [0.5, 0.6) is 0 Å². The van der Waals surface area contributed by atoms with Crippen LogP contribution in [0.3, 0.4) is 0 Å². The molecule has 1 amide bonds. The first-order chi connectivity index (χ1) is 13.5. The maximum atomic E-state index is 12.7. The summed E-state index contributed by atoms with van der Waals surface area (Å²) >= 11 is 0. The Morgan fingerprint density at radius 3 is 2.64 bits per heavy atom. The van der Waals surface area contributed by atoms with Gasteiger partial charge in [0.1, 0.15) is 11.2 Å². The van der Waals surface area contributed by atoms with E-state index >= 15 is 0 Å². The molecule has 0 atom stereocenters. The van der Waals surface area contributed by atoms with Gasteiger partial charge in [0.2, 0.25) is 0 Å². The number of piperazine rings is 1. The molecule has 28 heavy (non-hydrogen) atoms. The van der Waals surface area contributed by atoms with Crippen molar-refractivity contribution in [3.8, 4) is 0 Å². The Balaban J connectivity index is 1.55. The number of carbonyl (C=O) groups excluding carboxylic acids is 1. The Labute approximate surface area is 163 Å². The van der Waals surface area contributed by atoms with Crippen LogP contribution in [0.4, 0.5) is 11.4 Å². The molecule has 1 N–H and O–H groups in total. The first kappa shape index (κ1) is 18.2. The lowest BCUT2D eigenvalue weighted by atomic mass is 10.1. The van der Waals surface area contributed by atoms with Gasteiger partial charge >= 0.3 is 0 Å². The number of carbonyl (C=O) groups is 1. The number of pyridine rings is 1. The van der Waals surface area contributed by atoms with Crippen LogP contribution in [0, 0.1) is 6.92 Å². The molecule has 0 aliphatic carbocycles. The molecule has 0 spiro atoms. The third-order valence-corrected chi connectivity index (χ3v) is 5.18. The molecule has 1 fully saturated rings. The van der Waals surface area contributed by atoms with Crippen molar-refractivity contribution in [2.24, 2.45) is 0 Å². The number of benzene rings is 1. The molecule has 0 unspecified atom stereocenters. The van der Waals surface area contributed by atoms with Crippen molar-refractivity contribution in [1.29, 1.82) is 0 Å². The molecule has 0 radical (unpaired) electrons. The summed E-state index contributed by atoms with van der Waals surface area (Å²) in [6.07, 6.45) is 2.94. The van der Waals surface area contributed by atoms with Gasteiger partial charge in [-0.05, 0) is 49.9 Å². The lowest BCUT2D eigenvalue weighted by Gasteiger charge is -2.34. The second-order valence-electron chi connectivity index (χ2n) is 7.15. The molecule has 1 aliphatic rings. The predicted octanol–water partition coefficient (Wildman–Crippen LogP) is 2.01. The van der Waals surface area contributed by atoms with Crippen molar-refractivity contribution < 1.29 is 4.79 Å². The molecule has 4 rings (SSSR count). The number of aryl methyl sites for hydroxylation is 1. The Bertz CT molecular complexity index is 1080. The van der Waals surface area contributed by atoms with E-state index < -0.39 is 5.91 Å². The van der Waals surface area contributed by atoms with Crippen molar-refractivity contribution in [1.82, 2.24) is 14.3 Å². The number of amides is 1. The summed E-state index contributed by atoms with van der Waals surface area (Å²) in [5.74, 6) is -0.453. The summed E-state index contributed by atoms with van der Waals surface area (Å²) in [6, 6.07) is 11.2. The van der Waals surface area contributed by atoms with Crippen LogP contribution < -0.4 is 15.8 Å². The molecule has 0 bridgehead atoms. The first-order valence-electron chi connectivity index (χ1n) is 9.35. The van der Waals surface area contributed by atoms with Crippen molar-refractivity contribution in [2.75, 3.05) is 43.4 Å². The van der Waals surface area contributed by atoms with Gasteiger partial charge in [0.25, 0.3) is 11.5 Å². The van der Waals surface area contributed by atoms with Crippen LogP contribution >= 0.6 is 0 Å². The van der Waals surface area contributed by atoms with Gasteiger partial charge in [-0.3, -0.25) is 14.0 Å². The fourth-order valence-electron chi connectivity index (χ4n) is 3.42. The molecule has 1 aliphatic heterocycles. The zero-order chi connectivity index (χ0) is 19.7. The molecular weight excluding hydrogens is 354 g/mol. The standard InChI is InChI=1S/C21H23N5O2/c1-15-13-16(25-11-9-24(2)10-12-25)6-7-18(15)23-20(27)17-14-22-19-5-3-4-8-26(19)21(17)28/h3-8,13-14H,9-12H2,1-2H3,(H,23,27). The van der Waals surface area contributed by atoms with Gasteiger partial charge in [0.15, 0.2) is 0 Å². The maximum absolute atomic E-state index is 12.7. The Hall–Kier alpha value is -3.19. The molecule has 2 aromatic heterocycles. The number of nitrogens with zero attached hydrogens (tertiary/aromatic N) is 4. The number of fused-ring (bicyclic) bond motifs is 1. The normalized spacial score (nSPS) is 15.0. The molecule has 1 aromatic carbocycles. The molecule has 1 saturated heterocycles. The average Bonchev–Trinajstić information content (AvgIpc) is 2.70. The van der Waals surface area contributed by atoms with Crippen LogP contribution in [0.1, 0.15) is 15.9 Å². The fraction of sp³-hybridized carbons (Fsp3) is 0.286. The van der Waals surface area contributed by atoms with Gasteiger partial charge < -0.3 is 15.1 Å². The highest BCUT2D eigenvalue weighted by Crippen LogP contribution is 2.24. The number of aromatic nitrogens is 2. The second kappa shape index (κ2) is 7.44. The van der Waals surface area contributed by atoms with Crippen molar-refractivity contribution in [3.63, 3.8) is 0 Å². The van der Waals surface area contributed by atoms with Gasteiger partial charge in [-0.1, -0.05) is 6.07 Å². The van der Waals surface area contributed by atoms with E-state index in [1.54, 1.807) is 24.4 Å². The number of hydrogen-bond donors (Lipinski definition) is 1. The lowest BCUT2D eigenvalue weighted by molar-refractivity contribution is 0.102. The summed E-state index contributed by atoms with van der Waals surface area (Å²) in [6.45, 7) is 6.01. The van der Waals surface area contributed by atoms with Crippen molar-refractivity contribution in [2.45, 2.75) is 6.92 Å². The van der Waals surface area contributed by atoms with Crippen LogP contribution in [-0.2, 0) is 0 Å². The molecular formula is C21H23N5O2. The largest absolute Gasteiger partial charge is 0.369 e. The van der Waals surface area contributed by atoms with E-state index in [2.05, 4.69) is 33.2 Å². The molecule has 7 heteroatoms. The van der Waals surface area contributed by atoms with E-state index in [0.29, 0.717) is 11.3 Å². The van der Waals surface area contributed by atoms with Gasteiger partial charge in [-0.15, -0.1) is 0 Å². The average molecular weight is 377 g/mol. The van der Waals surface area contributed by atoms with Crippen molar-refractivity contribution in [3.05, 3.63) is 70.3 Å². The summed E-state index contributed by atoms with van der Waals surface area (Å²) in [5, 5.41) is 2.85. The highest BCUT2D eigenvalue weighted by Gasteiger charge is 2.17. The van der Waals surface area contributed by atoms with E-state index in [4.69, 9.17) is 0 Å². The zero-order valence-electron chi connectivity index (χ0n) is 16.1. The molecule has 3 heterocycles. The van der Waals surface area contributed by atoms with Gasteiger partial charge in [-0.2, -0.15) is 0 Å². The highest BCUT2D eigenvalue weighted by atomic mass is 16.2. The summed E-state index contributed by atoms with van der Waals surface area (Å²) in [4.78, 5) is 34.1. The quantitative estimate of drug-likeness (QED) is 0.756. The van der Waals surface area contributed by atoms with Gasteiger partial charge in [0, 0.05) is 49.9 Å². The third kappa shape index (κ3) is 3.48. The number of anilines is 2. The van der Waals surface area contributed by atoms with E-state index in [0.717, 1.165) is 37.4 Å². The van der Waals surface area contributed by atoms with E-state index in [-0.39, 0.29) is 11.1 Å². The summed E-state index contributed by atoms with van der Waals surface area (Å²) < 4.78 is 1.37. The molecule has 3 aromatic rings. The van der Waals surface area contributed by atoms with Crippen LogP contribution in [0.25, 0.3) is 5.65 Å². The summed E-state index contributed by atoms with van der Waals surface area (Å²) in [5.41, 5.74) is 2.95. The highest BCUT2D eigenvalue weighted by molar-refractivity contribution is 6.04. The fourth-order valence-corrected chi connectivity index (χ4v) is 3.42. The van der Waals surface area contributed by atoms with E-state index in [1.165, 1.54) is 10.6 Å². The van der Waals surface area contributed by atoms with E-state index in [9.17, 15) is 9.59 Å². The van der Waals surface area contributed by atoms with E-state index in [1.807, 2.05) is 19.1 Å². The van der Waals surface area contributed by atoms with Crippen LogP contribution in [0.15, 0.2) is 53.6 Å². The number of rotatable bonds is 3. The van der Waals surface area contributed by atoms with Crippen LogP contribution in [-0.4, -0.2) is 53.4 Å². The predicted molar refractivity (Wildman–Crippen MR) is 110 cm³/mol. The van der Waals surface area contributed by atoms with Gasteiger partial charge in [-0.25, -0.2) is 4.98 Å². The molecule has 0 saturated carbocycles. The minimum absolute atomic E-state index is 0.0197. The van der Waals surface area contributed by atoms with Gasteiger partial charge in [0.05, 0.1) is 0 Å². The minimum Gasteiger partial charge on any atom is -0.369 e. The topological polar surface area (TPSA) is 69.9 Å². The minimum atomic E-state index is -0.453. The SMILES string of the molecule is Cc1cc(N2CCN(C)CC2)ccc1NC(=O)c1cnc2ccccn2c1=O. The molecule has 7 nitrogen and oxygen atoms in total. The molecule has 144 valence electrons. The zero-order valence-corrected chi connectivity index (χ0v) is 16.1. The van der Waals surface area contributed by atoms with Crippen LogP contribution in [0.2, 0.25) is 0 Å². The lowest BCUT2D eigenvalue weighted by Crippen LogP contribution is -2.44.